The lowest BCUT2D eigenvalue weighted by atomic mass is 10.1. The fraction of sp³-hybridized carbons (Fsp3) is 0. The van der Waals surface area contributed by atoms with Crippen molar-refractivity contribution in [2.45, 2.75) is 0 Å². The lowest BCUT2D eigenvalue weighted by Gasteiger charge is -2.00. The SMILES string of the molecule is O=C(/C=C/c1ccc(Cl)cc1)Nc1sc(-c2ccccc2)cc1C(=O)O. The predicted octanol–water partition coefficient (Wildman–Crippen LogP) is 5.42. The molecule has 0 aliphatic carbocycles. The first-order chi connectivity index (χ1) is 12.5. The third-order valence-electron chi connectivity index (χ3n) is 3.55. The molecule has 3 aromatic rings. The number of hydrogen-bond donors (Lipinski definition) is 2. The van der Waals surface area contributed by atoms with E-state index in [-0.39, 0.29) is 5.56 Å². The maximum atomic E-state index is 12.2. The summed E-state index contributed by atoms with van der Waals surface area (Å²) in [5, 5.41) is 13.0. The van der Waals surface area contributed by atoms with Gasteiger partial charge in [-0.2, -0.15) is 0 Å². The molecule has 0 atom stereocenters. The number of carbonyl (C=O) groups is 2. The van der Waals surface area contributed by atoms with Crippen LogP contribution in [0.5, 0.6) is 0 Å². The Bertz CT molecular complexity index is 962. The molecule has 6 heteroatoms. The van der Waals surface area contributed by atoms with Gasteiger partial charge >= 0.3 is 5.97 Å². The Morgan fingerprint density at radius 3 is 2.38 bits per heavy atom. The first kappa shape index (κ1) is 17.9. The number of nitrogens with one attached hydrogen (secondary N) is 1. The van der Waals surface area contributed by atoms with Crippen LogP contribution in [0.4, 0.5) is 5.00 Å². The molecule has 2 aromatic carbocycles. The molecule has 2 N–H and O–H groups in total. The van der Waals surface area contributed by atoms with Crippen LogP contribution in [0.2, 0.25) is 5.02 Å². The summed E-state index contributed by atoms with van der Waals surface area (Å²) in [6, 6.07) is 18.0. The molecule has 1 aromatic heterocycles. The van der Waals surface area contributed by atoms with Gasteiger partial charge in [-0.05, 0) is 35.4 Å². The van der Waals surface area contributed by atoms with E-state index in [0.717, 1.165) is 16.0 Å². The minimum Gasteiger partial charge on any atom is -0.478 e. The number of carboxylic acid groups (broad SMARTS) is 1. The lowest BCUT2D eigenvalue weighted by Crippen LogP contribution is -2.09. The molecule has 0 saturated heterocycles. The zero-order valence-electron chi connectivity index (χ0n) is 13.5. The first-order valence-electron chi connectivity index (χ1n) is 7.70. The highest BCUT2D eigenvalue weighted by molar-refractivity contribution is 7.20. The topological polar surface area (TPSA) is 66.4 Å². The molecule has 0 saturated carbocycles. The van der Waals surface area contributed by atoms with Crippen molar-refractivity contribution in [2.24, 2.45) is 0 Å². The highest BCUT2D eigenvalue weighted by atomic mass is 35.5. The van der Waals surface area contributed by atoms with Crippen molar-refractivity contribution in [1.82, 2.24) is 0 Å². The molecular weight excluding hydrogens is 370 g/mol. The minimum absolute atomic E-state index is 0.0714. The molecule has 130 valence electrons. The van der Waals surface area contributed by atoms with Crippen LogP contribution in [0.1, 0.15) is 15.9 Å². The Hall–Kier alpha value is -2.89. The Kier molecular flexibility index (Phi) is 5.51. The Morgan fingerprint density at radius 2 is 1.73 bits per heavy atom. The van der Waals surface area contributed by atoms with Crippen LogP contribution in [-0.4, -0.2) is 17.0 Å². The van der Waals surface area contributed by atoms with E-state index < -0.39 is 11.9 Å². The number of amides is 1. The lowest BCUT2D eigenvalue weighted by molar-refractivity contribution is -0.111. The molecule has 26 heavy (non-hydrogen) atoms. The van der Waals surface area contributed by atoms with Gasteiger partial charge in [-0.1, -0.05) is 54.1 Å². The summed E-state index contributed by atoms with van der Waals surface area (Å²) in [6.07, 6.45) is 2.99. The van der Waals surface area contributed by atoms with Gasteiger partial charge in [-0.15, -0.1) is 11.3 Å². The van der Waals surface area contributed by atoms with Crippen molar-refractivity contribution < 1.29 is 14.7 Å². The molecule has 0 bridgehead atoms. The van der Waals surface area contributed by atoms with Crippen molar-refractivity contribution >= 4 is 45.9 Å². The van der Waals surface area contributed by atoms with Gasteiger partial charge in [0.05, 0.1) is 5.56 Å². The van der Waals surface area contributed by atoms with E-state index in [1.807, 2.05) is 30.3 Å². The van der Waals surface area contributed by atoms with Crippen LogP contribution in [0.3, 0.4) is 0 Å². The zero-order valence-corrected chi connectivity index (χ0v) is 15.1. The fourth-order valence-corrected chi connectivity index (χ4v) is 3.47. The molecule has 0 spiro atoms. The third kappa shape index (κ3) is 4.39. The van der Waals surface area contributed by atoms with Gasteiger partial charge in [0, 0.05) is 16.0 Å². The van der Waals surface area contributed by atoms with Gasteiger partial charge in [-0.3, -0.25) is 4.79 Å². The molecule has 0 unspecified atom stereocenters. The molecule has 0 aliphatic rings. The summed E-state index contributed by atoms with van der Waals surface area (Å²) in [7, 11) is 0. The smallest absolute Gasteiger partial charge is 0.338 e. The van der Waals surface area contributed by atoms with E-state index in [1.54, 1.807) is 36.4 Å². The highest BCUT2D eigenvalue weighted by Gasteiger charge is 2.17. The van der Waals surface area contributed by atoms with Crippen LogP contribution < -0.4 is 5.32 Å². The maximum Gasteiger partial charge on any atom is 0.338 e. The van der Waals surface area contributed by atoms with E-state index in [4.69, 9.17) is 11.6 Å². The predicted molar refractivity (Wildman–Crippen MR) is 106 cm³/mol. The van der Waals surface area contributed by atoms with Gasteiger partial charge in [0.15, 0.2) is 0 Å². The number of hydrogen-bond acceptors (Lipinski definition) is 3. The Morgan fingerprint density at radius 1 is 1.04 bits per heavy atom. The molecular formula is C20H14ClNO3S. The summed E-state index contributed by atoms with van der Waals surface area (Å²) in [5.41, 5.74) is 1.79. The first-order valence-corrected chi connectivity index (χ1v) is 8.89. The van der Waals surface area contributed by atoms with E-state index in [2.05, 4.69) is 5.32 Å². The summed E-state index contributed by atoms with van der Waals surface area (Å²) in [5.74, 6) is -1.48. The second-order valence-electron chi connectivity index (χ2n) is 5.40. The second-order valence-corrected chi connectivity index (χ2v) is 6.89. The number of carboxylic acids is 1. The average molecular weight is 384 g/mol. The van der Waals surface area contributed by atoms with Crippen LogP contribution >= 0.6 is 22.9 Å². The number of aromatic carboxylic acids is 1. The molecule has 0 fully saturated rings. The molecule has 4 nitrogen and oxygen atoms in total. The summed E-state index contributed by atoms with van der Waals surface area (Å²) in [4.78, 5) is 24.4. The van der Waals surface area contributed by atoms with Crippen molar-refractivity contribution in [3.05, 3.63) is 82.9 Å². The molecule has 0 aliphatic heterocycles. The van der Waals surface area contributed by atoms with Crippen LogP contribution in [0.15, 0.2) is 66.7 Å². The largest absolute Gasteiger partial charge is 0.478 e. The van der Waals surface area contributed by atoms with Crippen LogP contribution in [0.25, 0.3) is 16.5 Å². The van der Waals surface area contributed by atoms with E-state index in [0.29, 0.717) is 10.0 Å². The second kappa shape index (κ2) is 7.99. The normalized spacial score (nSPS) is 10.8. The summed E-state index contributed by atoms with van der Waals surface area (Å²) in [6.45, 7) is 0. The number of benzene rings is 2. The number of thiophene rings is 1. The van der Waals surface area contributed by atoms with Crippen molar-refractivity contribution in [1.29, 1.82) is 0 Å². The van der Waals surface area contributed by atoms with E-state index >= 15 is 0 Å². The Balaban J connectivity index is 1.80. The van der Waals surface area contributed by atoms with Gasteiger partial charge < -0.3 is 10.4 Å². The van der Waals surface area contributed by atoms with E-state index in [9.17, 15) is 14.7 Å². The molecule has 1 amide bonds. The standard InChI is InChI=1S/C20H14ClNO3S/c21-15-9-6-13(7-10-15)8-11-18(23)22-19-16(20(24)25)12-17(26-19)14-4-2-1-3-5-14/h1-12H,(H,22,23)(H,24,25)/b11-8+. The minimum atomic E-state index is -1.08. The molecule has 0 radical (unpaired) electrons. The van der Waals surface area contributed by atoms with Crippen molar-refractivity contribution in [3.8, 4) is 10.4 Å². The Labute approximate surface area is 159 Å². The zero-order chi connectivity index (χ0) is 18.5. The van der Waals surface area contributed by atoms with E-state index in [1.165, 1.54) is 17.4 Å². The summed E-state index contributed by atoms with van der Waals surface area (Å²) >= 11 is 7.05. The van der Waals surface area contributed by atoms with Gasteiger partial charge in [0.25, 0.3) is 0 Å². The third-order valence-corrected chi connectivity index (χ3v) is 4.91. The van der Waals surface area contributed by atoms with Crippen LogP contribution in [-0.2, 0) is 4.79 Å². The van der Waals surface area contributed by atoms with Crippen molar-refractivity contribution in [2.75, 3.05) is 5.32 Å². The highest BCUT2D eigenvalue weighted by Crippen LogP contribution is 2.35. The number of rotatable bonds is 5. The van der Waals surface area contributed by atoms with Gasteiger partial charge in [-0.25, -0.2) is 4.79 Å². The van der Waals surface area contributed by atoms with Gasteiger partial charge in [0.1, 0.15) is 5.00 Å². The number of anilines is 1. The molecule has 1 heterocycles. The maximum absolute atomic E-state index is 12.2. The molecule has 3 rings (SSSR count). The average Bonchev–Trinajstić information content (AvgIpc) is 3.06. The number of halogens is 1. The summed E-state index contributed by atoms with van der Waals surface area (Å²) < 4.78 is 0. The fourth-order valence-electron chi connectivity index (χ4n) is 2.29. The van der Waals surface area contributed by atoms with Gasteiger partial charge in [0.2, 0.25) is 5.91 Å². The number of carbonyl (C=O) groups excluding carboxylic acids is 1. The van der Waals surface area contributed by atoms with Crippen LogP contribution in [0, 0.1) is 0 Å². The quantitative estimate of drug-likeness (QED) is 0.578. The monoisotopic (exact) mass is 383 g/mol. The van der Waals surface area contributed by atoms with Crippen molar-refractivity contribution in [3.63, 3.8) is 0 Å².